The van der Waals surface area contributed by atoms with Gasteiger partial charge in [-0.2, -0.15) is 4.31 Å². The molecule has 0 aromatic heterocycles. The van der Waals surface area contributed by atoms with Crippen molar-refractivity contribution in [3.05, 3.63) is 106 Å². The van der Waals surface area contributed by atoms with E-state index in [1.807, 2.05) is 109 Å². The number of aliphatic hydroxyl groups excluding tert-OH is 2. The number of nitro groups is 1. The third kappa shape index (κ3) is 22.7. The van der Waals surface area contributed by atoms with Crippen LogP contribution in [0, 0.1) is 20.9 Å². The fourth-order valence-electron chi connectivity index (χ4n) is 8.59. The van der Waals surface area contributed by atoms with Crippen LogP contribution in [0.15, 0.2) is 89.8 Å². The number of benzene rings is 3. The fraction of sp³-hybridized carbons (Fsp3) is 0.643. The second kappa shape index (κ2) is 27.7. The Bertz CT molecular complexity index is 2380. The number of aliphatic hydroxyl groups is 2. The smallest absolute Gasteiger partial charge is 0.407 e. The van der Waals surface area contributed by atoms with Crippen molar-refractivity contribution in [1.29, 1.82) is 0 Å². The number of rotatable bonds is 25. The maximum Gasteiger partial charge on any atom is 0.407 e. The highest BCUT2D eigenvalue weighted by Gasteiger charge is 2.39. The number of nitrogens with zero attached hydrogens (tertiary/aromatic N) is 2. The summed E-state index contributed by atoms with van der Waals surface area (Å²) in [6, 6.07) is 22.4. The molecule has 0 radical (unpaired) electrons. The van der Waals surface area contributed by atoms with Gasteiger partial charge >= 0.3 is 12.2 Å². The molecule has 426 valence electrons. The molecule has 2 fully saturated rings. The molecule has 3 aromatic rings. The molecular weight excluding hydrogens is 999 g/mol. The van der Waals surface area contributed by atoms with Gasteiger partial charge in [-0.25, -0.2) is 18.0 Å². The molecule has 0 saturated carbocycles. The molecule has 20 heteroatoms. The molecule has 2 amide bonds. The van der Waals surface area contributed by atoms with Crippen molar-refractivity contribution in [2.75, 3.05) is 52.6 Å². The highest BCUT2D eigenvalue weighted by Crippen LogP contribution is 2.35. The number of ether oxygens (including phenoxy) is 6. The third-order valence-corrected chi connectivity index (χ3v) is 14.7. The van der Waals surface area contributed by atoms with Crippen LogP contribution in [0.3, 0.4) is 0 Å². The first-order valence-electron chi connectivity index (χ1n) is 26.2. The number of non-ortho nitro benzene ring substituents is 1. The van der Waals surface area contributed by atoms with E-state index in [1.165, 1.54) is 18.2 Å². The zero-order valence-electron chi connectivity index (χ0n) is 46.9. The van der Waals surface area contributed by atoms with Crippen LogP contribution in [0.1, 0.15) is 120 Å². The molecule has 2 aliphatic heterocycles. The summed E-state index contributed by atoms with van der Waals surface area (Å²) in [7, 11) is -4.34. The largest absolute Gasteiger partial charge is 0.444 e. The van der Waals surface area contributed by atoms with Gasteiger partial charge in [0.1, 0.15) is 11.2 Å². The summed E-state index contributed by atoms with van der Waals surface area (Å²) < 4.78 is 62.9. The average molecular weight is 1090 g/mol. The van der Waals surface area contributed by atoms with Crippen molar-refractivity contribution >= 4 is 27.9 Å². The van der Waals surface area contributed by atoms with Crippen LogP contribution in [0.5, 0.6) is 0 Å². The summed E-state index contributed by atoms with van der Waals surface area (Å²) in [6.07, 6.45) is 0.0645. The minimum absolute atomic E-state index is 0.00552. The molecule has 5 N–H and O–H groups in total. The van der Waals surface area contributed by atoms with Crippen molar-refractivity contribution in [2.24, 2.45) is 10.8 Å². The number of hydrogen-bond donors (Lipinski definition) is 5. The van der Waals surface area contributed by atoms with Gasteiger partial charge < -0.3 is 54.6 Å². The maximum atomic E-state index is 14.1. The van der Waals surface area contributed by atoms with Crippen molar-refractivity contribution in [3.63, 3.8) is 0 Å². The van der Waals surface area contributed by atoms with E-state index in [2.05, 4.69) is 29.8 Å². The molecule has 0 spiro atoms. The molecule has 2 aliphatic rings. The third-order valence-electron chi connectivity index (χ3n) is 12.9. The van der Waals surface area contributed by atoms with Gasteiger partial charge in [-0.1, -0.05) is 94.4 Å². The van der Waals surface area contributed by atoms with E-state index in [0.29, 0.717) is 52.2 Å². The molecule has 5 rings (SSSR count). The molecule has 19 nitrogen and oxygen atoms in total. The number of alkyl carbamates (subject to hydrolysis) is 2. The standard InChI is InChI=1S/C31H45N3O9S.C25H42N2O5/c1-29(2,3)43-28(36)32-26(19-23-11-8-7-9-12-23)27(35)21-33(22-30(4,5)15-16-31(6)41-17-18-42-31)44(39,40)25-14-10-13-24(20-25)34(37)38;1-23(2,3)32-22(29)27-20(16-19-10-8-7-9-11-19)21(28)17-26-18-24(4,5)12-13-25(6)30-14-15-31-25/h7-14,20,26-27,35H,15-19,21-22H2,1-6H3,(H,32,36);7-11,20-21,26,28H,12-18H2,1-6H3,(H,27,29)/t26-,27?;20-,21?/m00/s1. The molecular formula is C56H87N5O14S. The highest BCUT2D eigenvalue weighted by molar-refractivity contribution is 7.89. The van der Waals surface area contributed by atoms with Gasteiger partial charge in [0.05, 0.1) is 60.5 Å². The molecule has 2 heterocycles. The van der Waals surface area contributed by atoms with Crippen molar-refractivity contribution < 1.29 is 61.6 Å². The van der Waals surface area contributed by atoms with Crippen LogP contribution >= 0.6 is 0 Å². The Morgan fingerprint density at radius 1 is 0.684 bits per heavy atom. The topological polar surface area (TPSA) is 247 Å². The van der Waals surface area contributed by atoms with E-state index in [-0.39, 0.29) is 29.0 Å². The Morgan fingerprint density at radius 3 is 1.55 bits per heavy atom. The van der Waals surface area contributed by atoms with Gasteiger partial charge in [0.2, 0.25) is 10.0 Å². The van der Waals surface area contributed by atoms with Crippen LogP contribution in [-0.2, 0) is 51.3 Å². The van der Waals surface area contributed by atoms with E-state index in [1.54, 1.807) is 20.8 Å². The lowest BCUT2D eigenvalue weighted by atomic mass is 9.86. The van der Waals surface area contributed by atoms with Crippen molar-refractivity contribution in [2.45, 2.75) is 174 Å². The fourth-order valence-corrected chi connectivity index (χ4v) is 10.3. The van der Waals surface area contributed by atoms with Crippen LogP contribution < -0.4 is 16.0 Å². The number of amides is 2. The van der Waals surface area contributed by atoms with E-state index in [0.717, 1.165) is 40.9 Å². The Balaban J connectivity index is 0.000000346. The van der Waals surface area contributed by atoms with Gasteiger partial charge in [-0.3, -0.25) is 10.1 Å². The minimum Gasteiger partial charge on any atom is -0.444 e. The number of hydrogen-bond acceptors (Lipinski definition) is 15. The summed E-state index contributed by atoms with van der Waals surface area (Å²) >= 11 is 0. The van der Waals surface area contributed by atoms with Gasteiger partial charge in [0, 0.05) is 51.2 Å². The van der Waals surface area contributed by atoms with Crippen molar-refractivity contribution in [3.8, 4) is 0 Å². The van der Waals surface area contributed by atoms with Crippen LogP contribution in [-0.4, -0.2) is 140 Å². The number of nitrogens with one attached hydrogen (secondary N) is 3. The molecule has 2 saturated heterocycles. The van der Waals surface area contributed by atoms with Crippen LogP contribution in [0.4, 0.5) is 15.3 Å². The van der Waals surface area contributed by atoms with Gasteiger partial charge in [0.25, 0.3) is 5.69 Å². The zero-order valence-corrected chi connectivity index (χ0v) is 47.7. The van der Waals surface area contributed by atoms with Crippen molar-refractivity contribution in [1.82, 2.24) is 20.3 Å². The van der Waals surface area contributed by atoms with Crippen LogP contribution in [0.2, 0.25) is 0 Å². The Morgan fingerprint density at radius 2 is 1.12 bits per heavy atom. The Labute approximate surface area is 451 Å². The summed E-state index contributed by atoms with van der Waals surface area (Å²) in [5.41, 5.74) is -0.536. The van der Waals surface area contributed by atoms with Gasteiger partial charge in [-0.05, 0) is 109 Å². The summed E-state index contributed by atoms with van der Waals surface area (Å²) in [5.74, 6) is -1.27. The first-order valence-corrected chi connectivity index (χ1v) is 27.6. The highest BCUT2D eigenvalue weighted by atomic mass is 32.2. The molecule has 0 aliphatic carbocycles. The second-order valence-corrected chi connectivity index (χ2v) is 25.6. The summed E-state index contributed by atoms with van der Waals surface area (Å²) in [5, 5.41) is 42.8. The molecule has 76 heavy (non-hydrogen) atoms. The Hall–Kier alpha value is -4.77. The molecule has 4 atom stereocenters. The van der Waals surface area contributed by atoms with Crippen LogP contribution in [0.25, 0.3) is 0 Å². The monoisotopic (exact) mass is 1090 g/mol. The first kappa shape index (κ1) is 63.8. The summed E-state index contributed by atoms with van der Waals surface area (Å²) in [6.45, 7) is 25.5. The normalized spacial score (nSPS) is 17.4. The average Bonchev–Trinajstić information content (AvgIpc) is 3.97. The lowest BCUT2D eigenvalue weighted by molar-refractivity contribution is -0.385. The lowest BCUT2D eigenvalue weighted by Crippen LogP contribution is -2.52. The predicted molar refractivity (Wildman–Crippen MR) is 290 cm³/mol. The number of nitro benzene ring substituents is 1. The van der Waals surface area contributed by atoms with E-state index in [9.17, 15) is 38.3 Å². The van der Waals surface area contributed by atoms with E-state index >= 15 is 0 Å². The lowest BCUT2D eigenvalue weighted by Gasteiger charge is -2.36. The molecule has 0 bridgehead atoms. The quantitative estimate of drug-likeness (QED) is 0.0396. The molecule has 2 unspecified atom stereocenters. The number of carbonyl (C=O) groups excluding carboxylic acids is 2. The number of carbonyl (C=O) groups is 2. The predicted octanol–water partition coefficient (Wildman–Crippen LogP) is 8.29. The van der Waals surface area contributed by atoms with E-state index < -0.39 is 86.2 Å². The summed E-state index contributed by atoms with van der Waals surface area (Å²) in [4.78, 5) is 35.6. The second-order valence-electron chi connectivity index (χ2n) is 23.7. The zero-order chi connectivity index (χ0) is 56.6. The molecule has 3 aromatic carbocycles. The minimum atomic E-state index is -4.34. The van der Waals surface area contributed by atoms with E-state index in [4.69, 9.17) is 28.4 Å². The Kier molecular flexibility index (Phi) is 23.2. The number of sulfonamides is 1. The SMILES string of the molecule is CC(C)(CCC1(C)OCCO1)CN(CC(O)[C@H](Cc1ccccc1)NC(=O)OC(C)(C)C)S(=O)(=O)c1cccc([N+](=O)[O-])c1.CC(C)(CCC1(C)OCCO1)CNCC(O)[C@H](Cc1ccccc1)NC(=O)OC(C)(C)C. The van der Waals surface area contributed by atoms with Gasteiger partial charge in [-0.15, -0.1) is 0 Å². The van der Waals surface area contributed by atoms with Gasteiger partial charge in [0.15, 0.2) is 11.6 Å². The maximum absolute atomic E-state index is 14.1. The first-order chi connectivity index (χ1) is 35.3.